The highest BCUT2D eigenvalue weighted by Crippen LogP contribution is 2.38. The van der Waals surface area contributed by atoms with Crippen molar-refractivity contribution in [1.82, 2.24) is 9.80 Å². The summed E-state index contributed by atoms with van der Waals surface area (Å²) in [6.07, 6.45) is 1.58. The molecule has 3 aromatic rings. The van der Waals surface area contributed by atoms with E-state index in [-0.39, 0.29) is 29.8 Å². The van der Waals surface area contributed by atoms with Crippen LogP contribution in [0.25, 0.3) is 6.08 Å². The molecule has 42 heavy (non-hydrogen) atoms. The second-order valence-electron chi connectivity index (χ2n) is 9.60. The SMILES string of the molecule is CCOc1cc(/C=C2/SC(=O)N(CC(=O)N3CCN(c4ccccc4)CC3)C2=O)c(Br)cc1OCc1ccccc1F. The van der Waals surface area contributed by atoms with Crippen LogP contribution in [0.3, 0.4) is 0 Å². The van der Waals surface area contributed by atoms with Crippen molar-refractivity contribution in [3.8, 4) is 11.5 Å². The fourth-order valence-electron chi connectivity index (χ4n) is 4.68. The molecule has 0 aliphatic carbocycles. The van der Waals surface area contributed by atoms with Crippen molar-refractivity contribution < 1.29 is 28.2 Å². The predicted octanol–water partition coefficient (Wildman–Crippen LogP) is 5.95. The highest BCUT2D eigenvalue weighted by Gasteiger charge is 2.37. The van der Waals surface area contributed by atoms with Crippen LogP contribution >= 0.6 is 27.7 Å². The quantitative estimate of drug-likeness (QED) is 0.264. The second-order valence-corrected chi connectivity index (χ2v) is 11.5. The number of hydrogen-bond donors (Lipinski definition) is 0. The van der Waals surface area contributed by atoms with E-state index in [4.69, 9.17) is 9.47 Å². The van der Waals surface area contributed by atoms with Crippen LogP contribution < -0.4 is 14.4 Å². The van der Waals surface area contributed by atoms with E-state index in [1.54, 1.807) is 41.3 Å². The first-order valence-corrected chi connectivity index (χ1v) is 15.1. The number of carbonyl (C=O) groups is 3. The molecule has 5 rings (SSSR count). The molecule has 2 heterocycles. The first-order valence-electron chi connectivity index (χ1n) is 13.5. The molecule has 11 heteroatoms. The highest BCUT2D eigenvalue weighted by molar-refractivity contribution is 9.10. The zero-order chi connectivity index (χ0) is 29.6. The number of benzene rings is 3. The summed E-state index contributed by atoms with van der Waals surface area (Å²) in [7, 11) is 0. The fourth-order valence-corrected chi connectivity index (χ4v) is 5.95. The van der Waals surface area contributed by atoms with Gasteiger partial charge in [0.25, 0.3) is 11.1 Å². The van der Waals surface area contributed by atoms with E-state index in [0.717, 1.165) is 22.3 Å². The lowest BCUT2D eigenvalue weighted by Crippen LogP contribution is -2.51. The van der Waals surface area contributed by atoms with Crippen LogP contribution in [0.1, 0.15) is 18.1 Å². The predicted molar refractivity (Wildman–Crippen MR) is 164 cm³/mol. The van der Waals surface area contributed by atoms with Crippen molar-refractivity contribution in [3.05, 3.63) is 93.1 Å². The third kappa shape index (κ3) is 6.79. The van der Waals surface area contributed by atoms with E-state index in [1.165, 1.54) is 6.07 Å². The summed E-state index contributed by atoms with van der Waals surface area (Å²) in [4.78, 5) is 44.0. The molecule has 2 fully saturated rings. The van der Waals surface area contributed by atoms with Crippen LogP contribution in [0.2, 0.25) is 0 Å². The Morgan fingerprint density at radius 2 is 1.67 bits per heavy atom. The third-order valence-corrected chi connectivity index (χ3v) is 8.51. The molecule has 2 aliphatic rings. The normalized spacial score (nSPS) is 16.4. The van der Waals surface area contributed by atoms with E-state index < -0.39 is 11.1 Å². The molecule has 0 N–H and O–H groups in total. The molecule has 2 aliphatic heterocycles. The first kappa shape index (κ1) is 29.7. The third-order valence-electron chi connectivity index (χ3n) is 6.91. The van der Waals surface area contributed by atoms with Gasteiger partial charge in [0, 0.05) is 41.9 Å². The monoisotopic (exact) mass is 653 g/mol. The molecular formula is C31H29BrFN3O5S. The number of thioether (sulfide) groups is 1. The number of piperazine rings is 1. The Morgan fingerprint density at radius 3 is 2.38 bits per heavy atom. The Hall–Kier alpha value is -3.83. The van der Waals surface area contributed by atoms with Crippen LogP contribution in [-0.2, 0) is 16.2 Å². The van der Waals surface area contributed by atoms with Crippen molar-refractivity contribution in [3.63, 3.8) is 0 Å². The van der Waals surface area contributed by atoms with E-state index >= 15 is 0 Å². The summed E-state index contributed by atoms with van der Waals surface area (Å²) in [6, 6.07) is 19.7. The molecule has 218 valence electrons. The van der Waals surface area contributed by atoms with Gasteiger partial charge in [0.2, 0.25) is 5.91 Å². The van der Waals surface area contributed by atoms with Crippen molar-refractivity contribution in [2.45, 2.75) is 13.5 Å². The van der Waals surface area contributed by atoms with E-state index in [2.05, 4.69) is 20.8 Å². The molecule has 0 aromatic heterocycles. The number of imide groups is 1. The minimum atomic E-state index is -0.522. The lowest BCUT2D eigenvalue weighted by molar-refractivity contribution is -0.136. The molecule has 0 saturated carbocycles. The summed E-state index contributed by atoms with van der Waals surface area (Å²) < 4.78 is 26.3. The van der Waals surface area contributed by atoms with Gasteiger partial charge in [-0.2, -0.15) is 0 Å². The van der Waals surface area contributed by atoms with E-state index in [0.29, 0.717) is 59.9 Å². The minimum Gasteiger partial charge on any atom is -0.490 e. The van der Waals surface area contributed by atoms with Crippen molar-refractivity contribution in [2.24, 2.45) is 0 Å². The maximum atomic E-state index is 14.1. The van der Waals surface area contributed by atoms with Crippen LogP contribution in [0.15, 0.2) is 76.1 Å². The number of para-hydroxylation sites is 1. The van der Waals surface area contributed by atoms with Crippen LogP contribution in [-0.4, -0.2) is 66.2 Å². The van der Waals surface area contributed by atoms with Gasteiger partial charge in [-0.15, -0.1) is 0 Å². The second kappa shape index (κ2) is 13.4. The summed E-state index contributed by atoms with van der Waals surface area (Å²) in [5.41, 5.74) is 2.09. The maximum Gasteiger partial charge on any atom is 0.294 e. The number of ether oxygens (including phenoxy) is 2. The Kier molecular flexibility index (Phi) is 9.48. The molecule has 0 atom stereocenters. The highest BCUT2D eigenvalue weighted by atomic mass is 79.9. The Bertz CT molecular complexity index is 1510. The first-order chi connectivity index (χ1) is 20.3. The smallest absolute Gasteiger partial charge is 0.294 e. The van der Waals surface area contributed by atoms with Gasteiger partial charge < -0.3 is 19.3 Å². The van der Waals surface area contributed by atoms with Crippen LogP contribution in [0.4, 0.5) is 14.9 Å². The van der Waals surface area contributed by atoms with Gasteiger partial charge in [-0.1, -0.05) is 52.3 Å². The van der Waals surface area contributed by atoms with Gasteiger partial charge in [0.15, 0.2) is 11.5 Å². The zero-order valence-electron chi connectivity index (χ0n) is 22.9. The molecule has 0 bridgehead atoms. The molecular weight excluding hydrogens is 625 g/mol. The van der Waals surface area contributed by atoms with Crippen LogP contribution in [0, 0.1) is 5.82 Å². The molecule has 2 saturated heterocycles. The summed E-state index contributed by atoms with van der Waals surface area (Å²) in [5, 5.41) is -0.492. The van der Waals surface area contributed by atoms with E-state index in [1.807, 2.05) is 37.3 Å². The average Bonchev–Trinajstić information content (AvgIpc) is 3.26. The lowest BCUT2D eigenvalue weighted by Gasteiger charge is -2.36. The fraction of sp³-hybridized carbons (Fsp3) is 0.258. The number of amides is 3. The lowest BCUT2D eigenvalue weighted by atomic mass is 10.1. The number of anilines is 1. The van der Waals surface area contributed by atoms with Gasteiger partial charge in [-0.3, -0.25) is 19.3 Å². The van der Waals surface area contributed by atoms with Gasteiger partial charge in [-0.05, 0) is 60.7 Å². The van der Waals surface area contributed by atoms with Crippen molar-refractivity contribution in [2.75, 3.05) is 44.2 Å². The molecule has 3 amide bonds. The average molecular weight is 655 g/mol. The van der Waals surface area contributed by atoms with Gasteiger partial charge in [0.1, 0.15) is 19.0 Å². The number of halogens is 2. The van der Waals surface area contributed by atoms with Crippen molar-refractivity contribution in [1.29, 1.82) is 0 Å². The summed E-state index contributed by atoms with van der Waals surface area (Å²) >= 11 is 4.30. The summed E-state index contributed by atoms with van der Waals surface area (Å²) in [6.45, 7) is 4.26. The largest absolute Gasteiger partial charge is 0.490 e. The Labute approximate surface area is 256 Å². The number of rotatable bonds is 9. The number of carbonyl (C=O) groups excluding carboxylic acids is 3. The molecule has 0 unspecified atom stereocenters. The minimum absolute atomic E-state index is 0.00670. The van der Waals surface area contributed by atoms with Crippen molar-refractivity contribution >= 4 is 56.5 Å². The molecule has 3 aromatic carbocycles. The van der Waals surface area contributed by atoms with Crippen LogP contribution in [0.5, 0.6) is 11.5 Å². The summed E-state index contributed by atoms with van der Waals surface area (Å²) in [5.74, 6) is -0.342. The molecule has 0 spiro atoms. The Balaban J connectivity index is 1.25. The Morgan fingerprint density at radius 1 is 0.976 bits per heavy atom. The zero-order valence-corrected chi connectivity index (χ0v) is 25.3. The topological polar surface area (TPSA) is 79.4 Å². The number of nitrogens with zero attached hydrogens (tertiary/aromatic N) is 3. The molecule has 8 nitrogen and oxygen atoms in total. The maximum absolute atomic E-state index is 14.1. The standard InChI is InChI=1S/C31H29BrFN3O5S/c1-2-40-26-16-22(24(32)18-27(26)41-20-21-8-6-7-11-25(21)33)17-28-30(38)36(31(39)42-28)19-29(37)35-14-12-34(13-15-35)23-9-4-3-5-10-23/h3-11,16-18H,2,12-15,19-20H2,1H3/b28-17+. The van der Waals surface area contributed by atoms with Gasteiger partial charge >= 0.3 is 0 Å². The molecule has 0 radical (unpaired) electrons. The number of hydrogen-bond acceptors (Lipinski definition) is 7. The van der Waals surface area contributed by atoms with Gasteiger partial charge in [0.05, 0.1) is 11.5 Å². The van der Waals surface area contributed by atoms with E-state index in [9.17, 15) is 18.8 Å². The van der Waals surface area contributed by atoms with Gasteiger partial charge in [-0.25, -0.2) is 4.39 Å².